The molecule has 0 saturated carbocycles. The van der Waals surface area contributed by atoms with Crippen molar-refractivity contribution < 1.29 is 4.74 Å². The Morgan fingerprint density at radius 3 is 2.58 bits per heavy atom. The quantitative estimate of drug-likeness (QED) is 0.691. The van der Waals surface area contributed by atoms with Gasteiger partial charge in [-0.05, 0) is 31.2 Å². The van der Waals surface area contributed by atoms with Crippen LogP contribution in [0.3, 0.4) is 0 Å². The molecule has 4 nitrogen and oxygen atoms in total. The Morgan fingerprint density at radius 1 is 1.17 bits per heavy atom. The van der Waals surface area contributed by atoms with Crippen LogP contribution in [0.5, 0.6) is 5.88 Å². The maximum atomic E-state index is 9.58. The van der Waals surface area contributed by atoms with E-state index in [1.54, 1.807) is 24.5 Å². The van der Waals surface area contributed by atoms with Gasteiger partial charge in [0, 0.05) is 34.1 Å². The van der Waals surface area contributed by atoms with Crippen LogP contribution >= 0.6 is 11.6 Å². The van der Waals surface area contributed by atoms with Crippen molar-refractivity contribution in [3.8, 4) is 34.3 Å². The molecular formula is C19H14ClN3O. The van der Waals surface area contributed by atoms with Gasteiger partial charge in [0.15, 0.2) is 0 Å². The maximum absolute atomic E-state index is 9.58. The Bertz CT molecular complexity index is 887. The van der Waals surface area contributed by atoms with Gasteiger partial charge in [-0.15, -0.1) is 0 Å². The molecule has 0 aliphatic heterocycles. The lowest BCUT2D eigenvalue weighted by Crippen LogP contribution is -2.01. The molecule has 0 aliphatic rings. The van der Waals surface area contributed by atoms with Crippen LogP contribution in [0.15, 0.2) is 54.9 Å². The molecule has 0 spiro atoms. The van der Waals surface area contributed by atoms with Crippen molar-refractivity contribution in [2.45, 2.75) is 6.92 Å². The van der Waals surface area contributed by atoms with Gasteiger partial charge >= 0.3 is 0 Å². The zero-order valence-electron chi connectivity index (χ0n) is 13.0. The third kappa shape index (κ3) is 3.22. The van der Waals surface area contributed by atoms with Gasteiger partial charge in [0.1, 0.15) is 11.6 Å². The van der Waals surface area contributed by atoms with E-state index < -0.39 is 0 Å². The Kier molecular flexibility index (Phi) is 4.74. The number of rotatable bonds is 4. The molecule has 5 heteroatoms. The molecule has 118 valence electrons. The van der Waals surface area contributed by atoms with Gasteiger partial charge in [-0.2, -0.15) is 5.26 Å². The average molecular weight is 336 g/mol. The lowest BCUT2D eigenvalue weighted by molar-refractivity contribution is 0.326. The third-order valence-electron chi connectivity index (χ3n) is 3.49. The second-order valence-electron chi connectivity index (χ2n) is 5.03. The summed E-state index contributed by atoms with van der Waals surface area (Å²) in [7, 11) is 0. The summed E-state index contributed by atoms with van der Waals surface area (Å²) in [5.74, 6) is 0.325. The Balaban J connectivity index is 2.23. The van der Waals surface area contributed by atoms with Crippen molar-refractivity contribution in [3.63, 3.8) is 0 Å². The number of hydrogen-bond acceptors (Lipinski definition) is 4. The summed E-state index contributed by atoms with van der Waals surface area (Å²) in [4.78, 5) is 8.65. The molecule has 0 atom stereocenters. The van der Waals surface area contributed by atoms with Gasteiger partial charge < -0.3 is 4.74 Å². The first-order chi connectivity index (χ1) is 11.7. The van der Waals surface area contributed by atoms with E-state index in [9.17, 15) is 5.26 Å². The highest BCUT2D eigenvalue weighted by molar-refractivity contribution is 6.30. The number of halogens is 1. The summed E-state index contributed by atoms with van der Waals surface area (Å²) in [5.41, 5.74) is 3.60. The molecule has 0 aliphatic carbocycles. The third-order valence-corrected chi connectivity index (χ3v) is 3.74. The monoisotopic (exact) mass is 335 g/mol. The van der Waals surface area contributed by atoms with E-state index in [0.717, 1.165) is 16.7 Å². The first-order valence-electron chi connectivity index (χ1n) is 7.47. The predicted molar refractivity (Wildman–Crippen MR) is 93.8 cm³/mol. The highest BCUT2D eigenvalue weighted by Crippen LogP contribution is 2.33. The lowest BCUT2D eigenvalue weighted by atomic mass is 10.00. The summed E-state index contributed by atoms with van der Waals surface area (Å²) >= 11 is 5.96. The van der Waals surface area contributed by atoms with E-state index in [0.29, 0.717) is 28.8 Å². The molecule has 24 heavy (non-hydrogen) atoms. The zero-order chi connectivity index (χ0) is 16.9. The average Bonchev–Trinajstić information content (AvgIpc) is 2.63. The van der Waals surface area contributed by atoms with Crippen LogP contribution in [-0.4, -0.2) is 16.6 Å². The SMILES string of the molecule is CCOc1nc(-c2ccc(Cl)cc2)cc(-c2cccnc2)c1C#N. The molecular weight excluding hydrogens is 322 g/mol. The smallest absolute Gasteiger partial charge is 0.232 e. The molecule has 3 aromatic rings. The van der Waals surface area contributed by atoms with E-state index in [2.05, 4.69) is 16.0 Å². The van der Waals surface area contributed by atoms with Crippen molar-refractivity contribution in [3.05, 3.63) is 65.4 Å². The summed E-state index contributed by atoms with van der Waals surface area (Å²) in [6.07, 6.45) is 3.41. The fourth-order valence-electron chi connectivity index (χ4n) is 2.39. The highest BCUT2D eigenvalue weighted by atomic mass is 35.5. The first kappa shape index (κ1) is 16.0. The minimum absolute atomic E-state index is 0.325. The Morgan fingerprint density at radius 2 is 1.96 bits per heavy atom. The number of nitriles is 1. The van der Waals surface area contributed by atoms with Crippen LogP contribution in [0.25, 0.3) is 22.4 Å². The Hall–Kier alpha value is -2.90. The van der Waals surface area contributed by atoms with Gasteiger partial charge in [-0.25, -0.2) is 4.98 Å². The largest absolute Gasteiger partial charge is 0.477 e. The van der Waals surface area contributed by atoms with Gasteiger partial charge in [0.05, 0.1) is 12.3 Å². The van der Waals surface area contributed by atoms with Crippen molar-refractivity contribution in [2.24, 2.45) is 0 Å². The zero-order valence-corrected chi connectivity index (χ0v) is 13.8. The van der Waals surface area contributed by atoms with Crippen molar-refractivity contribution in [2.75, 3.05) is 6.61 Å². The Labute approximate surface area is 145 Å². The van der Waals surface area contributed by atoms with Crippen molar-refractivity contribution >= 4 is 11.6 Å². The number of nitrogens with zero attached hydrogens (tertiary/aromatic N) is 3. The van der Waals surface area contributed by atoms with Gasteiger partial charge in [-0.1, -0.05) is 29.8 Å². The van der Waals surface area contributed by atoms with E-state index >= 15 is 0 Å². The second-order valence-corrected chi connectivity index (χ2v) is 5.47. The van der Waals surface area contributed by atoms with E-state index in [4.69, 9.17) is 16.3 Å². The summed E-state index contributed by atoms with van der Waals surface area (Å²) in [6, 6.07) is 15.2. The van der Waals surface area contributed by atoms with Gasteiger partial charge in [0.25, 0.3) is 0 Å². The van der Waals surface area contributed by atoms with Crippen LogP contribution in [0.1, 0.15) is 12.5 Å². The van der Waals surface area contributed by atoms with E-state index in [1.807, 2.05) is 37.3 Å². The molecule has 0 amide bonds. The summed E-state index contributed by atoms with van der Waals surface area (Å²) < 4.78 is 5.60. The highest BCUT2D eigenvalue weighted by Gasteiger charge is 2.16. The molecule has 0 bridgehead atoms. The molecule has 3 rings (SSSR count). The second kappa shape index (κ2) is 7.12. The number of hydrogen-bond donors (Lipinski definition) is 0. The molecule has 1 aromatic carbocycles. The van der Waals surface area contributed by atoms with Gasteiger partial charge in [-0.3, -0.25) is 4.98 Å². The molecule has 0 radical (unpaired) electrons. The number of pyridine rings is 2. The summed E-state index contributed by atoms with van der Waals surface area (Å²) in [5, 5.41) is 10.2. The minimum Gasteiger partial charge on any atom is -0.477 e. The van der Waals surface area contributed by atoms with Crippen LogP contribution in [0.2, 0.25) is 5.02 Å². The van der Waals surface area contributed by atoms with Gasteiger partial charge in [0.2, 0.25) is 5.88 Å². The number of ether oxygens (including phenoxy) is 1. The molecule has 0 unspecified atom stereocenters. The first-order valence-corrected chi connectivity index (χ1v) is 7.85. The van der Waals surface area contributed by atoms with Crippen LogP contribution in [0.4, 0.5) is 0 Å². The summed E-state index contributed by atoms with van der Waals surface area (Å²) in [6.45, 7) is 2.29. The predicted octanol–water partition coefficient (Wildman–Crippen LogP) is 4.73. The molecule has 0 fully saturated rings. The molecule has 2 heterocycles. The maximum Gasteiger partial charge on any atom is 0.232 e. The van der Waals surface area contributed by atoms with Crippen LogP contribution in [0, 0.1) is 11.3 Å². The van der Waals surface area contributed by atoms with Crippen LogP contribution < -0.4 is 4.74 Å². The number of aromatic nitrogens is 2. The minimum atomic E-state index is 0.325. The fraction of sp³-hybridized carbons (Fsp3) is 0.105. The molecule has 0 N–H and O–H groups in total. The molecule has 2 aromatic heterocycles. The van der Waals surface area contributed by atoms with Crippen LogP contribution in [-0.2, 0) is 0 Å². The van der Waals surface area contributed by atoms with E-state index in [-0.39, 0.29) is 0 Å². The lowest BCUT2D eigenvalue weighted by Gasteiger charge is -2.12. The normalized spacial score (nSPS) is 10.2. The van der Waals surface area contributed by atoms with Crippen molar-refractivity contribution in [1.29, 1.82) is 5.26 Å². The molecule has 0 saturated heterocycles. The standard InChI is InChI=1S/C19H14ClN3O/c1-2-24-19-17(11-21)16(14-4-3-9-22-12-14)10-18(23-19)13-5-7-15(20)8-6-13/h3-10,12H,2H2,1H3. The topological polar surface area (TPSA) is 58.8 Å². The van der Waals surface area contributed by atoms with Crippen molar-refractivity contribution in [1.82, 2.24) is 9.97 Å². The van der Waals surface area contributed by atoms with E-state index in [1.165, 1.54) is 0 Å². The number of benzene rings is 1. The fourth-order valence-corrected chi connectivity index (χ4v) is 2.52.